The molecule has 0 heterocycles. The van der Waals surface area contributed by atoms with Crippen LogP contribution < -0.4 is 0 Å². The zero-order chi connectivity index (χ0) is 33.4. The first kappa shape index (κ1) is 45.8. The largest absolute Gasteiger partial charge is 0.395 e. The van der Waals surface area contributed by atoms with Crippen molar-refractivity contribution in [3.05, 3.63) is 0 Å². The third-order valence-electron chi connectivity index (χ3n) is 10.2. The van der Waals surface area contributed by atoms with E-state index in [4.69, 9.17) is 9.84 Å². The molecular weight excluding hydrogens is 566 g/mol. The van der Waals surface area contributed by atoms with E-state index in [2.05, 4.69) is 11.8 Å². The van der Waals surface area contributed by atoms with Gasteiger partial charge in [0.1, 0.15) is 6.23 Å². The molecule has 0 spiro atoms. The number of aliphatic hydroxyl groups excluding tert-OH is 2. The van der Waals surface area contributed by atoms with Gasteiger partial charge >= 0.3 is 0 Å². The summed E-state index contributed by atoms with van der Waals surface area (Å²) in [6, 6.07) is 0. The van der Waals surface area contributed by atoms with E-state index in [0.29, 0.717) is 13.2 Å². The molecule has 0 aromatic rings. The summed E-state index contributed by atoms with van der Waals surface area (Å²) in [5.74, 6) is 0. The van der Waals surface area contributed by atoms with Crippen molar-refractivity contribution in [3.63, 3.8) is 0 Å². The fourth-order valence-electron chi connectivity index (χ4n) is 6.98. The Balaban J connectivity index is 3.18. The van der Waals surface area contributed by atoms with Gasteiger partial charge in [-0.2, -0.15) is 0 Å². The van der Waals surface area contributed by atoms with Crippen LogP contribution in [-0.4, -0.2) is 54.3 Å². The second-order valence-electron chi connectivity index (χ2n) is 14.6. The monoisotopic (exact) mass is 654 g/mol. The maximum absolute atomic E-state index is 9.29. The molecule has 0 aliphatic rings. The molecule has 0 aromatic heterocycles. The second kappa shape index (κ2) is 41.0. The minimum Gasteiger partial charge on any atom is -0.395 e. The van der Waals surface area contributed by atoms with Gasteiger partial charge in [0.25, 0.3) is 0 Å². The number of nitrogens with zero attached hydrogens (tertiary/aromatic N) is 1. The van der Waals surface area contributed by atoms with Gasteiger partial charge < -0.3 is 14.9 Å². The number of ether oxygens (including phenoxy) is 1. The Hall–Kier alpha value is -0.160. The number of rotatable bonds is 41. The molecule has 0 bridgehead atoms. The lowest BCUT2D eigenvalue weighted by Crippen LogP contribution is -2.38. The van der Waals surface area contributed by atoms with Gasteiger partial charge in [0.15, 0.2) is 0 Å². The maximum atomic E-state index is 9.29. The molecule has 0 fully saturated rings. The quantitative estimate of drug-likeness (QED) is 0.0509. The summed E-state index contributed by atoms with van der Waals surface area (Å²) >= 11 is 0. The van der Waals surface area contributed by atoms with E-state index in [1.165, 1.54) is 212 Å². The highest BCUT2D eigenvalue weighted by Crippen LogP contribution is 2.17. The highest BCUT2D eigenvalue weighted by atomic mass is 16.5. The van der Waals surface area contributed by atoms with Gasteiger partial charge in [-0.3, -0.25) is 4.90 Å². The molecule has 4 heteroatoms. The average Bonchev–Trinajstić information content (AvgIpc) is 3.06. The van der Waals surface area contributed by atoms with Crippen LogP contribution in [0.15, 0.2) is 0 Å². The lowest BCUT2D eigenvalue weighted by Gasteiger charge is -2.28. The van der Waals surface area contributed by atoms with Crippen LogP contribution in [0, 0.1) is 0 Å². The minimum absolute atomic E-state index is 0.0347. The lowest BCUT2D eigenvalue weighted by atomic mass is 10.0. The molecule has 0 saturated carbocycles. The van der Waals surface area contributed by atoms with Crippen molar-refractivity contribution in [1.82, 2.24) is 4.90 Å². The molecule has 0 aliphatic heterocycles. The van der Waals surface area contributed by atoms with E-state index in [0.717, 1.165) is 13.0 Å². The van der Waals surface area contributed by atoms with Crippen molar-refractivity contribution in [2.45, 2.75) is 238 Å². The molecule has 2 N–H and O–H groups in total. The van der Waals surface area contributed by atoms with Crippen LogP contribution in [0.3, 0.4) is 0 Å². The topological polar surface area (TPSA) is 52.9 Å². The summed E-state index contributed by atoms with van der Waals surface area (Å²) in [4.78, 5) is 2.18. The van der Waals surface area contributed by atoms with Crippen LogP contribution in [-0.2, 0) is 4.74 Å². The summed E-state index contributed by atoms with van der Waals surface area (Å²) in [7, 11) is 0. The van der Waals surface area contributed by atoms with E-state index < -0.39 is 0 Å². The van der Waals surface area contributed by atoms with E-state index in [-0.39, 0.29) is 19.4 Å². The van der Waals surface area contributed by atoms with Gasteiger partial charge in [-0.1, -0.05) is 219 Å². The molecule has 1 atom stereocenters. The maximum Gasteiger partial charge on any atom is 0.107 e. The summed E-state index contributed by atoms with van der Waals surface area (Å²) in [5, 5.41) is 18.2. The Morgan fingerprint density at radius 3 is 0.870 bits per heavy atom. The van der Waals surface area contributed by atoms with E-state index in [1.807, 2.05) is 6.92 Å². The lowest BCUT2D eigenvalue weighted by molar-refractivity contribution is -0.0628. The van der Waals surface area contributed by atoms with Gasteiger partial charge in [0, 0.05) is 13.1 Å². The number of hydrogen-bond donors (Lipinski definition) is 2. The Morgan fingerprint density at radius 1 is 0.370 bits per heavy atom. The summed E-state index contributed by atoms with van der Waals surface area (Å²) in [6.45, 7) is 6.50. The Morgan fingerprint density at radius 2 is 0.630 bits per heavy atom. The Bertz CT molecular complexity index is 531. The Kier molecular flexibility index (Phi) is 40.9. The van der Waals surface area contributed by atoms with Gasteiger partial charge in [-0.25, -0.2) is 0 Å². The van der Waals surface area contributed by atoms with Crippen molar-refractivity contribution in [3.8, 4) is 0 Å². The molecular formula is C42H87NO3. The van der Waals surface area contributed by atoms with Crippen molar-refractivity contribution < 1.29 is 14.9 Å². The fraction of sp³-hybridized carbons (Fsp3) is 1.00. The van der Waals surface area contributed by atoms with Crippen LogP contribution in [0.5, 0.6) is 0 Å². The van der Waals surface area contributed by atoms with E-state index >= 15 is 0 Å². The predicted molar refractivity (Wildman–Crippen MR) is 204 cm³/mol. The minimum atomic E-state index is -0.0347. The van der Waals surface area contributed by atoms with Crippen LogP contribution in [0.2, 0.25) is 0 Å². The summed E-state index contributed by atoms with van der Waals surface area (Å²) in [6.07, 6.45) is 48.8. The normalized spacial score (nSPS) is 12.5. The standard InChI is InChI=1S/C42H87NO3/c1-3-4-5-6-7-8-9-10-11-12-13-14-15-16-17-18-19-20-21-22-23-24-25-26-27-28-29-30-31-32-33-34-35-36-37-43(38-39-44)42(2)46-41-40-45/h42,44-45H,3-41H2,1-2H3. The molecule has 278 valence electrons. The molecule has 0 radical (unpaired) electrons. The zero-order valence-electron chi connectivity index (χ0n) is 31.9. The Labute approximate surface area is 290 Å². The first-order valence-corrected chi connectivity index (χ1v) is 21.3. The van der Waals surface area contributed by atoms with Crippen LogP contribution in [0.1, 0.15) is 232 Å². The average molecular weight is 654 g/mol. The predicted octanol–water partition coefficient (Wildman–Crippen LogP) is 12.9. The molecule has 1 unspecified atom stereocenters. The molecule has 0 aliphatic carbocycles. The van der Waals surface area contributed by atoms with Crippen LogP contribution in [0.4, 0.5) is 0 Å². The van der Waals surface area contributed by atoms with Gasteiger partial charge in [0.2, 0.25) is 0 Å². The van der Waals surface area contributed by atoms with Crippen LogP contribution >= 0.6 is 0 Å². The van der Waals surface area contributed by atoms with Crippen molar-refractivity contribution in [1.29, 1.82) is 0 Å². The van der Waals surface area contributed by atoms with Gasteiger partial charge in [-0.05, 0) is 13.3 Å². The molecule has 0 aromatic carbocycles. The zero-order valence-corrected chi connectivity index (χ0v) is 31.9. The van der Waals surface area contributed by atoms with E-state index in [1.54, 1.807) is 0 Å². The molecule has 0 amide bonds. The molecule has 4 nitrogen and oxygen atoms in total. The second-order valence-corrected chi connectivity index (χ2v) is 14.6. The smallest absolute Gasteiger partial charge is 0.107 e. The van der Waals surface area contributed by atoms with Crippen LogP contribution in [0.25, 0.3) is 0 Å². The highest BCUT2D eigenvalue weighted by molar-refractivity contribution is 4.60. The van der Waals surface area contributed by atoms with Gasteiger partial charge in [0.05, 0.1) is 19.8 Å². The summed E-state index contributed by atoms with van der Waals surface area (Å²) < 4.78 is 5.59. The number of unbranched alkanes of at least 4 members (excludes halogenated alkanes) is 33. The first-order valence-electron chi connectivity index (χ1n) is 21.3. The van der Waals surface area contributed by atoms with Crippen molar-refractivity contribution in [2.24, 2.45) is 0 Å². The molecule has 0 saturated heterocycles. The number of hydrogen-bond acceptors (Lipinski definition) is 4. The third kappa shape index (κ3) is 36.7. The van der Waals surface area contributed by atoms with Gasteiger partial charge in [-0.15, -0.1) is 0 Å². The molecule has 0 rings (SSSR count). The number of aliphatic hydroxyl groups is 2. The van der Waals surface area contributed by atoms with Crippen molar-refractivity contribution in [2.75, 3.05) is 32.9 Å². The molecule has 46 heavy (non-hydrogen) atoms. The summed E-state index contributed by atoms with van der Waals surface area (Å²) in [5.41, 5.74) is 0. The van der Waals surface area contributed by atoms with E-state index in [9.17, 15) is 5.11 Å². The highest BCUT2D eigenvalue weighted by Gasteiger charge is 2.12. The first-order chi connectivity index (χ1) is 22.8. The SMILES string of the molecule is CCCCCCCCCCCCCCCCCCCCCCCCCCCCCCCCCCCCN(CCO)C(C)OCCO. The fourth-order valence-corrected chi connectivity index (χ4v) is 6.98. The third-order valence-corrected chi connectivity index (χ3v) is 10.2. The van der Waals surface area contributed by atoms with Crippen molar-refractivity contribution >= 4 is 0 Å².